The van der Waals surface area contributed by atoms with E-state index >= 15 is 0 Å². The summed E-state index contributed by atoms with van der Waals surface area (Å²) in [5.41, 5.74) is 1.71. The van der Waals surface area contributed by atoms with Crippen LogP contribution in [-0.2, 0) is 11.2 Å². The predicted octanol–water partition coefficient (Wildman–Crippen LogP) is 1.06. The zero-order valence-corrected chi connectivity index (χ0v) is 13.0. The molecule has 1 aliphatic carbocycles. The van der Waals surface area contributed by atoms with Crippen LogP contribution in [0.4, 0.5) is 0 Å². The molecule has 0 unspecified atom stereocenters. The van der Waals surface area contributed by atoms with Gasteiger partial charge in [0.1, 0.15) is 5.69 Å². The number of amides is 2. The van der Waals surface area contributed by atoms with Crippen molar-refractivity contribution >= 4 is 11.8 Å². The van der Waals surface area contributed by atoms with Crippen LogP contribution in [0.15, 0.2) is 6.07 Å². The maximum Gasteiger partial charge on any atom is 0.274 e. The highest BCUT2D eigenvalue weighted by atomic mass is 16.2. The molecule has 3 aliphatic rings. The molecule has 1 saturated carbocycles. The molecule has 3 heterocycles. The standard InChI is InChI=1S/C16H22N4O2/c1-2-3-12-6-13(18-17-12)15(22)20-9-16(10-20)7-19(8-16)14(21)11-4-5-11/h6,11H,2-5,7-10H2,1H3,(H,17,18). The SMILES string of the molecule is CCCc1cc(C(=O)N2CC3(C2)CN(C(=O)C2CC2)C3)n[nH]1. The van der Waals surface area contributed by atoms with E-state index in [1.807, 2.05) is 15.9 Å². The Morgan fingerprint density at radius 2 is 1.95 bits per heavy atom. The van der Waals surface area contributed by atoms with Crippen LogP contribution in [0.3, 0.4) is 0 Å². The molecule has 1 aromatic rings. The van der Waals surface area contributed by atoms with Crippen molar-refractivity contribution in [2.75, 3.05) is 26.2 Å². The fourth-order valence-electron chi connectivity index (χ4n) is 3.65. The van der Waals surface area contributed by atoms with Crippen molar-refractivity contribution in [1.82, 2.24) is 20.0 Å². The number of carbonyl (C=O) groups excluding carboxylic acids is 2. The Bertz CT molecular complexity index is 605. The number of H-pyrrole nitrogens is 1. The number of hydrogen-bond acceptors (Lipinski definition) is 3. The van der Waals surface area contributed by atoms with E-state index in [2.05, 4.69) is 17.1 Å². The van der Waals surface area contributed by atoms with E-state index in [1.54, 1.807) is 0 Å². The van der Waals surface area contributed by atoms with E-state index in [9.17, 15) is 9.59 Å². The van der Waals surface area contributed by atoms with Crippen LogP contribution >= 0.6 is 0 Å². The highest BCUT2D eigenvalue weighted by Gasteiger charge is 2.55. The fraction of sp³-hybridized carbons (Fsp3) is 0.688. The lowest BCUT2D eigenvalue weighted by Crippen LogP contribution is -2.73. The summed E-state index contributed by atoms with van der Waals surface area (Å²) < 4.78 is 0. The Kier molecular flexibility index (Phi) is 3.03. The lowest BCUT2D eigenvalue weighted by atomic mass is 9.72. The Balaban J connectivity index is 1.29. The highest BCUT2D eigenvalue weighted by molar-refractivity contribution is 5.93. The molecule has 1 N–H and O–H groups in total. The second kappa shape index (κ2) is 4.83. The number of nitrogens with zero attached hydrogens (tertiary/aromatic N) is 3. The summed E-state index contributed by atoms with van der Waals surface area (Å²) in [6.07, 6.45) is 4.08. The van der Waals surface area contributed by atoms with Gasteiger partial charge in [-0.15, -0.1) is 0 Å². The Hall–Kier alpha value is -1.85. The molecular formula is C16H22N4O2. The molecule has 0 bridgehead atoms. The van der Waals surface area contributed by atoms with E-state index in [4.69, 9.17) is 0 Å². The molecule has 0 atom stereocenters. The number of carbonyl (C=O) groups is 2. The molecule has 1 aromatic heterocycles. The number of aromatic amines is 1. The van der Waals surface area contributed by atoms with Gasteiger partial charge in [0.15, 0.2) is 0 Å². The Labute approximate surface area is 129 Å². The third kappa shape index (κ3) is 2.21. The van der Waals surface area contributed by atoms with Gasteiger partial charge in [-0.25, -0.2) is 0 Å². The molecular weight excluding hydrogens is 280 g/mol. The van der Waals surface area contributed by atoms with Crippen LogP contribution in [0.25, 0.3) is 0 Å². The van der Waals surface area contributed by atoms with Crippen molar-refractivity contribution in [2.45, 2.75) is 32.6 Å². The number of likely N-dealkylation sites (tertiary alicyclic amines) is 2. The summed E-state index contributed by atoms with van der Waals surface area (Å²) in [4.78, 5) is 28.1. The van der Waals surface area contributed by atoms with E-state index < -0.39 is 0 Å². The largest absolute Gasteiger partial charge is 0.341 e. The van der Waals surface area contributed by atoms with Crippen molar-refractivity contribution in [1.29, 1.82) is 0 Å². The lowest BCUT2D eigenvalue weighted by Gasteiger charge is -2.60. The van der Waals surface area contributed by atoms with Crippen LogP contribution in [0.2, 0.25) is 0 Å². The topological polar surface area (TPSA) is 69.3 Å². The van der Waals surface area contributed by atoms with Gasteiger partial charge in [-0.2, -0.15) is 5.10 Å². The predicted molar refractivity (Wildman–Crippen MR) is 80.2 cm³/mol. The summed E-state index contributed by atoms with van der Waals surface area (Å²) in [5.74, 6) is 0.638. The average molecular weight is 302 g/mol. The number of aryl methyl sites for hydroxylation is 1. The molecule has 4 rings (SSSR count). The molecule has 118 valence electrons. The van der Waals surface area contributed by atoms with Crippen molar-refractivity contribution < 1.29 is 9.59 Å². The number of rotatable bonds is 4. The first kappa shape index (κ1) is 13.8. The zero-order chi connectivity index (χ0) is 15.3. The molecule has 6 nitrogen and oxygen atoms in total. The van der Waals surface area contributed by atoms with Gasteiger partial charge in [0.2, 0.25) is 5.91 Å². The monoisotopic (exact) mass is 302 g/mol. The second-order valence-electron chi connectivity index (χ2n) is 7.16. The van der Waals surface area contributed by atoms with Gasteiger partial charge >= 0.3 is 0 Å². The van der Waals surface area contributed by atoms with Crippen molar-refractivity contribution in [3.63, 3.8) is 0 Å². The summed E-state index contributed by atoms with van der Waals surface area (Å²) >= 11 is 0. The average Bonchev–Trinajstić information content (AvgIpc) is 3.16. The van der Waals surface area contributed by atoms with Gasteiger partial charge < -0.3 is 9.80 Å². The summed E-state index contributed by atoms with van der Waals surface area (Å²) in [6.45, 7) is 5.28. The Morgan fingerprint density at radius 3 is 2.59 bits per heavy atom. The van der Waals surface area contributed by atoms with Gasteiger partial charge in [0.05, 0.1) is 0 Å². The minimum Gasteiger partial charge on any atom is -0.341 e. The van der Waals surface area contributed by atoms with Gasteiger partial charge in [0, 0.05) is 43.2 Å². The number of nitrogens with one attached hydrogen (secondary N) is 1. The molecule has 22 heavy (non-hydrogen) atoms. The maximum absolute atomic E-state index is 12.4. The minimum absolute atomic E-state index is 0.0104. The van der Waals surface area contributed by atoms with Crippen LogP contribution < -0.4 is 0 Å². The summed E-state index contributed by atoms with van der Waals surface area (Å²) in [6, 6.07) is 1.86. The highest BCUT2D eigenvalue weighted by Crippen LogP contribution is 2.43. The van der Waals surface area contributed by atoms with Crippen molar-refractivity contribution in [3.8, 4) is 0 Å². The van der Waals surface area contributed by atoms with Crippen LogP contribution in [0.5, 0.6) is 0 Å². The quantitative estimate of drug-likeness (QED) is 0.904. The van der Waals surface area contributed by atoms with E-state index in [-0.39, 0.29) is 11.3 Å². The molecule has 1 spiro atoms. The lowest BCUT2D eigenvalue weighted by molar-refractivity contribution is -0.155. The van der Waals surface area contributed by atoms with Gasteiger partial charge in [0.25, 0.3) is 5.91 Å². The van der Waals surface area contributed by atoms with Gasteiger partial charge in [-0.1, -0.05) is 13.3 Å². The van der Waals surface area contributed by atoms with Gasteiger partial charge in [-0.3, -0.25) is 14.7 Å². The first-order valence-corrected chi connectivity index (χ1v) is 8.22. The molecule has 0 aromatic carbocycles. The first-order chi connectivity index (χ1) is 10.6. The van der Waals surface area contributed by atoms with Crippen molar-refractivity contribution in [3.05, 3.63) is 17.5 Å². The van der Waals surface area contributed by atoms with Gasteiger partial charge in [-0.05, 0) is 25.3 Å². The molecule has 2 saturated heterocycles. The summed E-state index contributed by atoms with van der Waals surface area (Å²) in [5, 5.41) is 7.05. The molecule has 2 amide bonds. The maximum atomic E-state index is 12.4. The van der Waals surface area contributed by atoms with E-state index in [0.717, 1.165) is 57.6 Å². The molecule has 6 heteroatoms. The van der Waals surface area contributed by atoms with Crippen molar-refractivity contribution in [2.24, 2.45) is 11.3 Å². The number of hydrogen-bond donors (Lipinski definition) is 1. The normalized spacial score (nSPS) is 22.4. The molecule has 3 fully saturated rings. The van der Waals surface area contributed by atoms with Crippen LogP contribution in [-0.4, -0.2) is 58.0 Å². The van der Waals surface area contributed by atoms with Crippen LogP contribution in [0, 0.1) is 11.3 Å². The van der Waals surface area contributed by atoms with E-state index in [1.165, 1.54) is 0 Å². The third-order valence-corrected chi connectivity index (χ3v) is 5.00. The summed E-state index contributed by atoms with van der Waals surface area (Å²) in [7, 11) is 0. The smallest absolute Gasteiger partial charge is 0.274 e. The first-order valence-electron chi connectivity index (χ1n) is 8.22. The van der Waals surface area contributed by atoms with Crippen LogP contribution in [0.1, 0.15) is 42.4 Å². The fourth-order valence-corrected chi connectivity index (χ4v) is 3.65. The van der Waals surface area contributed by atoms with E-state index in [0.29, 0.717) is 17.5 Å². The molecule has 2 aliphatic heterocycles. The third-order valence-electron chi connectivity index (χ3n) is 5.00. The second-order valence-corrected chi connectivity index (χ2v) is 7.16. The Morgan fingerprint density at radius 1 is 1.27 bits per heavy atom. The number of aromatic nitrogens is 2. The molecule has 0 radical (unpaired) electrons. The zero-order valence-electron chi connectivity index (χ0n) is 13.0. The minimum atomic E-state index is 0.0104.